The molecule has 0 aliphatic carbocycles. The fraction of sp³-hybridized carbons (Fsp3) is 0. The van der Waals surface area contributed by atoms with Crippen molar-refractivity contribution in [1.29, 1.82) is 0 Å². The molecule has 3 heterocycles. The molecule has 0 fully saturated rings. The van der Waals surface area contributed by atoms with E-state index in [-0.39, 0.29) is 0 Å². The van der Waals surface area contributed by atoms with Gasteiger partial charge in [0, 0.05) is 39.2 Å². The van der Waals surface area contributed by atoms with Crippen LogP contribution in [-0.2, 0) is 0 Å². The van der Waals surface area contributed by atoms with Crippen molar-refractivity contribution >= 4 is 21.9 Å². The lowest BCUT2D eigenvalue weighted by molar-refractivity contribution is 0.670. The average molecular weight is 705 g/mol. The van der Waals surface area contributed by atoms with E-state index in [1.54, 1.807) is 0 Å². The van der Waals surface area contributed by atoms with Gasteiger partial charge in [0.2, 0.25) is 0 Å². The number of rotatable bonds is 7. The normalized spacial score (nSPS) is 11.3. The van der Waals surface area contributed by atoms with Crippen molar-refractivity contribution in [2.24, 2.45) is 0 Å². The minimum Gasteiger partial charge on any atom is -0.455 e. The summed E-state index contributed by atoms with van der Waals surface area (Å²) in [5.74, 6) is 1.61. The number of nitrogens with zero attached hydrogens (tertiary/aromatic N) is 4. The van der Waals surface area contributed by atoms with Gasteiger partial charge in [0.15, 0.2) is 17.5 Å². The summed E-state index contributed by atoms with van der Waals surface area (Å²) in [4.78, 5) is 20.2. The molecule has 55 heavy (non-hydrogen) atoms. The van der Waals surface area contributed by atoms with Gasteiger partial charge in [0.05, 0.1) is 0 Å². The predicted octanol–water partition coefficient (Wildman–Crippen LogP) is 12.8. The summed E-state index contributed by atoms with van der Waals surface area (Å²) < 4.78 is 6.68. The summed E-state index contributed by atoms with van der Waals surface area (Å²) in [5, 5.41) is 1.95. The molecule has 0 spiro atoms. The molecule has 0 N–H and O–H groups in total. The lowest BCUT2D eigenvalue weighted by Crippen LogP contribution is -2.01. The van der Waals surface area contributed by atoms with Gasteiger partial charge in [-0.05, 0) is 51.6 Å². The van der Waals surface area contributed by atoms with E-state index in [2.05, 4.69) is 115 Å². The molecule has 0 amide bonds. The van der Waals surface area contributed by atoms with Crippen LogP contribution in [0.5, 0.6) is 0 Å². The molecule has 5 heteroatoms. The average Bonchev–Trinajstić information content (AvgIpc) is 3.67. The first kappa shape index (κ1) is 32.2. The van der Waals surface area contributed by atoms with Crippen molar-refractivity contribution in [3.63, 3.8) is 0 Å². The molecular weight excluding hydrogens is 673 g/mol. The Morgan fingerprint density at radius 3 is 1.58 bits per heavy atom. The van der Waals surface area contributed by atoms with Gasteiger partial charge in [-0.2, -0.15) is 0 Å². The van der Waals surface area contributed by atoms with Gasteiger partial charge in [-0.25, -0.2) is 15.0 Å². The first-order valence-corrected chi connectivity index (χ1v) is 18.3. The number of hydrogen-bond donors (Lipinski definition) is 0. The molecule has 0 saturated heterocycles. The maximum Gasteiger partial charge on any atom is 0.182 e. The first-order chi connectivity index (χ1) is 27.2. The molecule has 10 aromatic rings. The minimum atomic E-state index is 0.494. The zero-order valence-electron chi connectivity index (χ0n) is 29.7. The van der Waals surface area contributed by atoms with Crippen molar-refractivity contribution in [1.82, 2.24) is 19.9 Å². The van der Waals surface area contributed by atoms with E-state index < -0.39 is 0 Å². The van der Waals surface area contributed by atoms with Crippen molar-refractivity contribution in [3.8, 4) is 78.8 Å². The van der Waals surface area contributed by atoms with Crippen LogP contribution in [0.3, 0.4) is 0 Å². The van der Waals surface area contributed by atoms with E-state index in [0.717, 1.165) is 66.4 Å². The molecule has 0 aliphatic heterocycles. The van der Waals surface area contributed by atoms with Crippen LogP contribution in [0.2, 0.25) is 0 Å². The number of benzene rings is 7. The molecule has 258 valence electrons. The second kappa shape index (κ2) is 13.8. The molecule has 5 nitrogen and oxygen atoms in total. The number of fused-ring (bicyclic) bond motifs is 3. The van der Waals surface area contributed by atoms with Crippen molar-refractivity contribution in [2.45, 2.75) is 0 Å². The first-order valence-electron chi connectivity index (χ1n) is 18.3. The summed E-state index contributed by atoms with van der Waals surface area (Å²) in [7, 11) is 0. The SMILES string of the molecule is c1ccc(-c2ccc(-c3cccc4c3oc3cccc(-c5nc(-c6cccc(-c7ccccc7)c6)nc(-c6ccc(-c7ccccc7)cn6)n5)c34)cc2)cc1. The number of aromatic nitrogens is 4. The third kappa shape index (κ3) is 6.14. The maximum absolute atomic E-state index is 6.68. The fourth-order valence-electron chi connectivity index (χ4n) is 7.27. The van der Waals surface area contributed by atoms with Gasteiger partial charge in [-0.3, -0.25) is 4.98 Å². The zero-order chi connectivity index (χ0) is 36.6. The van der Waals surface area contributed by atoms with Gasteiger partial charge in [-0.15, -0.1) is 0 Å². The van der Waals surface area contributed by atoms with Crippen molar-refractivity contribution in [3.05, 3.63) is 194 Å². The summed E-state index contributed by atoms with van der Waals surface area (Å²) in [6.07, 6.45) is 1.88. The molecule has 0 aliphatic rings. The maximum atomic E-state index is 6.68. The summed E-state index contributed by atoms with van der Waals surface area (Å²) >= 11 is 0. The molecule has 0 atom stereocenters. The molecular formula is C50H32N4O. The summed E-state index contributed by atoms with van der Waals surface area (Å²) in [5.41, 5.74) is 12.8. The summed E-state index contributed by atoms with van der Waals surface area (Å²) in [6, 6.07) is 64.4. The monoisotopic (exact) mass is 704 g/mol. The topological polar surface area (TPSA) is 64.7 Å². The lowest BCUT2D eigenvalue weighted by atomic mass is 9.98. The highest BCUT2D eigenvalue weighted by Crippen LogP contribution is 2.41. The molecule has 3 aromatic heterocycles. The van der Waals surface area contributed by atoms with Crippen molar-refractivity contribution < 1.29 is 4.42 Å². The van der Waals surface area contributed by atoms with Gasteiger partial charge in [-0.1, -0.05) is 170 Å². The Kier molecular flexibility index (Phi) is 8.08. The van der Waals surface area contributed by atoms with Crippen LogP contribution < -0.4 is 0 Å². The van der Waals surface area contributed by atoms with Crippen LogP contribution in [0.25, 0.3) is 101 Å². The predicted molar refractivity (Wildman–Crippen MR) is 223 cm³/mol. The number of furan rings is 1. The Balaban J connectivity index is 1.12. The van der Waals surface area contributed by atoms with E-state index in [9.17, 15) is 0 Å². The number of hydrogen-bond acceptors (Lipinski definition) is 5. The molecule has 0 unspecified atom stereocenters. The third-order valence-corrected chi connectivity index (χ3v) is 10.0. The van der Waals surface area contributed by atoms with Gasteiger partial charge in [0.25, 0.3) is 0 Å². The van der Waals surface area contributed by atoms with Crippen LogP contribution in [0, 0.1) is 0 Å². The molecule has 10 rings (SSSR count). The van der Waals surface area contributed by atoms with Gasteiger partial charge < -0.3 is 4.42 Å². The standard InChI is InChI=1S/C50H32N4O/c1-4-13-33(14-5-1)36-25-27-37(28-26-36)41-21-11-22-42-46-43(23-12-24-45(46)55-47(41)42)49-52-48(39-20-10-19-38(31-39)34-15-6-2-7-16-34)53-50(54-49)44-30-29-40(32-51-44)35-17-8-3-9-18-35/h1-32H. The zero-order valence-corrected chi connectivity index (χ0v) is 29.7. The number of para-hydroxylation sites is 1. The van der Waals surface area contributed by atoms with Crippen LogP contribution >= 0.6 is 0 Å². The highest BCUT2D eigenvalue weighted by atomic mass is 16.3. The third-order valence-electron chi connectivity index (χ3n) is 10.0. The Morgan fingerprint density at radius 2 is 0.873 bits per heavy atom. The largest absolute Gasteiger partial charge is 0.455 e. The van der Waals surface area contributed by atoms with Crippen LogP contribution in [0.1, 0.15) is 0 Å². The lowest BCUT2D eigenvalue weighted by Gasteiger charge is -2.10. The highest BCUT2D eigenvalue weighted by Gasteiger charge is 2.20. The molecule has 0 bridgehead atoms. The van der Waals surface area contributed by atoms with E-state index in [1.807, 2.05) is 79.0 Å². The smallest absolute Gasteiger partial charge is 0.182 e. The minimum absolute atomic E-state index is 0.494. The second-order valence-corrected chi connectivity index (χ2v) is 13.5. The quantitative estimate of drug-likeness (QED) is 0.165. The molecule has 0 radical (unpaired) electrons. The highest BCUT2D eigenvalue weighted by molar-refractivity contribution is 6.15. The van der Waals surface area contributed by atoms with Crippen LogP contribution in [0.15, 0.2) is 199 Å². The Labute approximate surface area is 318 Å². The fourth-order valence-corrected chi connectivity index (χ4v) is 7.27. The Morgan fingerprint density at radius 1 is 0.345 bits per heavy atom. The Hall–Kier alpha value is -7.50. The summed E-state index contributed by atoms with van der Waals surface area (Å²) in [6.45, 7) is 0. The molecule has 7 aromatic carbocycles. The second-order valence-electron chi connectivity index (χ2n) is 13.5. The molecule has 0 saturated carbocycles. The Bertz CT molecular complexity index is 2940. The van der Waals surface area contributed by atoms with Crippen molar-refractivity contribution in [2.75, 3.05) is 0 Å². The number of pyridine rings is 1. The van der Waals surface area contributed by atoms with Crippen LogP contribution in [-0.4, -0.2) is 19.9 Å². The van der Waals surface area contributed by atoms with Gasteiger partial charge >= 0.3 is 0 Å². The van der Waals surface area contributed by atoms with E-state index in [0.29, 0.717) is 23.2 Å². The van der Waals surface area contributed by atoms with E-state index in [1.165, 1.54) is 11.1 Å². The van der Waals surface area contributed by atoms with Crippen LogP contribution in [0.4, 0.5) is 0 Å². The van der Waals surface area contributed by atoms with E-state index >= 15 is 0 Å². The van der Waals surface area contributed by atoms with E-state index in [4.69, 9.17) is 24.4 Å². The van der Waals surface area contributed by atoms with Gasteiger partial charge in [0.1, 0.15) is 16.9 Å².